The normalized spacial score (nSPS) is 11.0. The summed E-state index contributed by atoms with van der Waals surface area (Å²) in [7, 11) is 0. The average molecular weight is 291 g/mol. The van der Waals surface area contributed by atoms with E-state index in [-0.39, 0.29) is 0 Å². The molecule has 3 aromatic rings. The largest absolute Gasteiger partial charge is 0.340 e. The van der Waals surface area contributed by atoms with Crippen LogP contribution in [0.3, 0.4) is 0 Å². The minimum atomic E-state index is 0.605. The van der Waals surface area contributed by atoms with Crippen LogP contribution in [0.4, 0.5) is 0 Å². The van der Waals surface area contributed by atoms with Crippen LogP contribution in [-0.2, 0) is 13.1 Å². The third kappa shape index (κ3) is 3.09. The van der Waals surface area contributed by atoms with Crippen molar-refractivity contribution in [3.8, 4) is 10.4 Å². The second-order valence-electron chi connectivity index (χ2n) is 4.11. The first-order chi connectivity index (χ1) is 9.31. The van der Waals surface area contributed by atoms with Crippen LogP contribution in [0.15, 0.2) is 33.5 Å². The van der Waals surface area contributed by atoms with E-state index in [1.165, 1.54) is 15.3 Å². The molecule has 0 amide bonds. The van der Waals surface area contributed by atoms with Crippen molar-refractivity contribution < 1.29 is 4.52 Å². The summed E-state index contributed by atoms with van der Waals surface area (Å²) < 4.78 is 4.92. The third-order valence-electron chi connectivity index (χ3n) is 2.61. The molecule has 3 heterocycles. The maximum Gasteiger partial charge on any atom is 0.223 e. The van der Waals surface area contributed by atoms with Crippen molar-refractivity contribution in [3.05, 3.63) is 45.6 Å². The van der Waals surface area contributed by atoms with Gasteiger partial charge in [-0.15, -0.1) is 22.7 Å². The summed E-state index contributed by atoms with van der Waals surface area (Å²) in [6.45, 7) is 3.25. The first-order valence-electron chi connectivity index (χ1n) is 5.92. The monoisotopic (exact) mass is 291 g/mol. The summed E-state index contributed by atoms with van der Waals surface area (Å²) in [5, 5.41) is 11.5. The van der Waals surface area contributed by atoms with Crippen molar-refractivity contribution in [2.75, 3.05) is 0 Å². The molecule has 0 aliphatic heterocycles. The van der Waals surface area contributed by atoms with Crippen LogP contribution in [0, 0.1) is 6.92 Å². The molecule has 0 atom stereocenters. The molecule has 0 aromatic carbocycles. The predicted molar refractivity (Wildman–Crippen MR) is 77.2 cm³/mol. The molecule has 0 radical (unpaired) electrons. The highest BCUT2D eigenvalue weighted by Crippen LogP contribution is 2.29. The molecule has 0 bridgehead atoms. The van der Waals surface area contributed by atoms with E-state index >= 15 is 0 Å². The molecule has 3 rings (SSSR count). The zero-order valence-corrected chi connectivity index (χ0v) is 12.1. The van der Waals surface area contributed by atoms with Gasteiger partial charge in [0.15, 0.2) is 5.82 Å². The van der Waals surface area contributed by atoms with Crippen LogP contribution in [0.2, 0.25) is 0 Å². The Labute approximate surface area is 119 Å². The number of rotatable bonds is 5. The minimum Gasteiger partial charge on any atom is -0.340 e. The van der Waals surface area contributed by atoms with Gasteiger partial charge in [-0.2, -0.15) is 4.98 Å². The molecule has 3 aromatic heterocycles. The van der Waals surface area contributed by atoms with Crippen molar-refractivity contribution in [2.24, 2.45) is 0 Å². The van der Waals surface area contributed by atoms with Crippen LogP contribution in [0.5, 0.6) is 0 Å². The Morgan fingerprint density at radius 3 is 3.00 bits per heavy atom. The van der Waals surface area contributed by atoms with Crippen molar-refractivity contribution in [1.82, 2.24) is 15.5 Å². The number of hydrogen-bond donors (Lipinski definition) is 1. The SMILES string of the molecule is Cc1nc(CNCc2cc(-c3cccs3)cs2)no1. The molecule has 4 nitrogen and oxygen atoms in total. The summed E-state index contributed by atoms with van der Waals surface area (Å²) in [6.07, 6.45) is 0. The highest BCUT2D eigenvalue weighted by molar-refractivity contribution is 7.14. The zero-order valence-electron chi connectivity index (χ0n) is 10.4. The van der Waals surface area contributed by atoms with Crippen LogP contribution in [0.25, 0.3) is 10.4 Å². The second-order valence-corrected chi connectivity index (χ2v) is 6.06. The Morgan fingerprint density at radius 2 is 2.26 bits per heavy atom. The molecular weight excluding hydrogens is 278 g/mol. The first-order valence-corrected chi connectivity index (χ1v) is 7.68. The van der Waals surface area contributed by atoms with Gasteiger partial charge in [0.2, 0.25) is 5.89 Å². The van der Waals surface area contributed by atoms with E-state index in [0.717, 1.165) is 6.54 Å². The molecule has 0 unspecified atom stereocenters. The molecule has 0 saturated heterocycles. The van der Waals surface area contributed by atoms with Gasteiger partial charge in [0.25, 0.3) is 0 Å². The van der Waals surface area contributed by atoms with Crippen LogP contribution < -0.4 is 5.32 Å². The van der Waals surface area contributed by atoms with E-state index in [1.54, 1.807) is 29.6 Å². The van der Waals surface area contributed by atoms with Gasteiger partial charge in [-0.1, -0.05) is 11.2 Å². The molecule has 0 spiro atoms. The fourth-order valence-electron chi connectivity index (χ4n) is 1.76. The Hall–Kier alpha value is -1.50. The molecular formula is C13H13N3OS2. The topological polar surface area (TPSA) is 51.0 Å². The van der Waals surface area contributed by atoms with Gasteiger partial charge in [0.1, 0.15) is 0 Å². The lowest BCUT2D eigenvalue weighted by Gasteiger charge is -1.97. The fraction of sp³-hybridized carbons (Fsp3) is 0.231. The van der Waals surface area contributed by atoms with E-state index in [2.05, 4.69) is 44.4 Å². The highest BCUT2D eigenvalue weighted by Gasteiger charge is 2.05. The lowest BCUT2D eigenvalue weighted by Crippen LogP contribution is -2.12. The fourth-order valence-corrected chi connectivity index (χ4v) is 3.40. The predicted octanol–water partition coefficient (Wildman–Crippen LogP) is 3.46. The van der Waals surface area contributed by atoms with Gasteiger partial charge >= 0.3 is 0 Å². The van der Waals surface area contributed by atoms with Crippen molar-refractivity contribution in [2.45, 2.75) is 20.0 Å². The summed E-state index contributed by atoms with van der Waals surface area (Å²) in [6, 6.07) is 6.45. The molecule has 6 heteroatoms. The van der Waals surface area contributed by atoms with Crippen molar-refractivity contribution in [3.63, 3.8) is 0 Å². The number of nitrogens with one attached hydrogen (secondary N) is 1. The van der Waals surface area contributed by atoms with Gasteiger partial charge in [-0.3, -0.25) is 0 Å². The van der Waals surface area contributed by atoms with Crippen molar-refractivity contribution in [1.29, 1.82) is 0 Å². The van der Waals surface area contributed by atoms with E-state index in [4.69, 9.17) is 4.52 Å². The molecule has 0 saturated carbocycles. The van der Waals surface area contributed by atoms with E-state index in [9.17, 15) is 0 Å². The average Bonchev–Trinajstić information content (AvgIpc) is 3.09. The van der Waals surface area contributed by atoms with Crippen LogP contribution >= 0.6 is 22.7 Å². The molecule has 19 heavy (non-hydrogen) atoms. The molecule has 1 N–H and O–H groups in total. The molecule has 0 fully saturated rings. The summed E-state index contributed by atoms with van der Waals surface area (Å²) in [5.74, 6) is 1.31. The molecule has 0 aliphatic rings. The highest BCUT2D eigenvalue weighted by atomic mass is 32.1. The zero-order chi connectivity index (χ0) is 13.1. The van der Waals surface area contributed by atoms with E-state index in [1.807, 2.05) is 0 Å². The van der Waals surface area contributed by atoms with Gasteiger partial charge < -0.3 is 9.84 Å². The Kier molecular flexibility index (Phi) is 3.72. The maximum absolute atomic E-state index is 4.92. The van der Waals surface area contributed by atoms with Crippen LogP contribution in [-0.4, -0.2) is 10.1 Å². The van der Waals surface area contributed by atoms with E-state index < -0.39 is 0 Å². The summed E-state index contributed by atoms with van der Waals surface area (Å²) >= 11 is 3.53. The minimum absolute atomic E-state index is 0.605. The lowest BCUT2D eigenvalue weighted by molar-refractivity contribution is 0.385. The lowest BCUT2D eigenvalue weighted by atomic mass is 10.2. The Balaban J connectivity index is 1.56. The van der Waals surface area contributed by atoms with Crippen LogP contribution in [0.1, 0.15) is 16.6 Å². The van der Waals surface area contributed by atoms with Crippen molar-refractivity contribution >= 4 is 22.7 Å². The van der Waals surface area contributed by atoms with E-state index in [0.29, 0.717) is 18.3 Å². The standard InChI is InChI=1S/C13H13N3OS2/c1-9-15-13(16-17-9)7-14-6-11-5-10(8-19-11)12-3-2-4-18-12/h2-5,8,14H,6-7H2,1H3. The number of thiophene rings is 2. The van der Waals surface area contributed by atoms with Gasteiger partial charge in [-0.05, 0) is 22.9 Å². The second kappa shape index (κ2) is 5.64. The maximum atomic E-state index is 4.92. The van der Waals surface area contributed by atoms with Gasteiger partial charge in [-0.25, -0.2) is 0 Å². The number of aryl methyl sites for hydroxylation is 1. The smallest absolute Gasteiger partial charge is 0.223 e. The number of nitrogens with zero attached hydrogens (tertiary/aromatic N) is 2. The molecule has 98 valence electrons. The molecule has 0 aliphatic carbocycles. The van der Waals surface area contributed by atoms with Gasteiger partial charge in [0.05, 0.1) is 6.54 Å². The quantitative estimate of drug-likeness (QED) is 0.782. The Bertz CT molecular complexity index is 642. The summed E-state index contributed by atoms with van der Waals surface area (Å²) in [5.41, 5.74) is 1.30. The Morgan fingerprint density at radius 1 is 1.32 bits per heavy atom. The summed E-state index contributed by atoms with van der Waals surface area (Å²) in [4.78, 5) is 6.78. The number of hydrogen-bond acceptors (Lipinski definition) is 6. The third-order valence-corrected chi connectivity index (χ3v) is 4.47. The number of aromatic nitrogens is 2. The van der Waals surface area contributed by atoms with Gasteiger partial charge in [0, 0.05) is 28.8 Å². The first kappa shape index (κ1) is 12.5.